The van der Waals surface area contributed by atoms with Gasteiger partial charge in [-0.2, -0.15) is 0 Å². The number of nitrogen functional groups attached to an aromatic ring is 1. The number of methoxy groups -OCH3 is 1. The standard InChI is InChI=1S/C18H20ClN3O2/c1-24-17-8-15(20)14(19)7-12(17)18(23)22-9-13(16(21)10-22)11-5-3-2-4-6-11/h2-8,13,16H,9-10,20-21H2,1H3/t13-,16+/m0/s1. The number of anilines is 1. The molecule has 0 aromatic heterocycles. The minimum absolute atomic E-state index is 0.105. The maximum Gasteiger partial charge on any atom is 0.257 e. The van der Waals surface area contributed by atoms with Gasteiger partial charge < -0.3 is 21.1 Å². The third kappa shape index (κ3) is 3.05. The van der Waals surface area contributed by atoms with Crippen molar-refractivity contribution in [3.8, 4) is 5.75 Å². The summed E-state index contributed by atoms with van der Waals surface area (Å²) in [7, 11) is 1.50. The van der Waals surface area contributed by atoms with Crippen LogP contribution in [0.2, 0.25) is 5.02 Å². The van der Waals surface area contributed by atoms with Gasteiger partial charge in [0.2, 0.25) is 0 Å². The third-order valence-electron chi connectivity index (χ3n) is 4.43. The molecule has 0 saturated carbocycles. The number of likely N-dealkylation sites (tertiary alicyclic amines) is 1. The molecule has 24 heavy (non-hydrogen) atoms. The Balaban J connectivity index is 1.86. The van der Waals surface area contributed by atoms with Crippen LogP contribution >= 0.6 is 11.6 Å². The molecule has 0 spiro atoms. The van der Waals surface area contributed by atoms with Crippen LogP contribution in [0.4, 0.5) is 5.69 Å². The molecule has 5 nitrogen and oxygen atoms in total. The monoisotopic (exact) mass is 345 g/mol. The minimum atomic E-state index is -0.150. The molecular formula is C18H20ClN3O2. The second kappa shape index (κ2) is 6.71. The van der Waals surface area contributed by atoms with Crippen LogP contribution in [0.25, 0.3) is 0 Å². The zero-order valence-corrected chi connectivity index (χ0v) is 14.2. The fourth-order valence-corrected chi connectivity index (χ4v) is 3.29. The SMILES string of the molecule is COc1cc(N)c(Cl)cc1C(=O)N1C[C@@H](N)[C@H](c2ccccc2)C1. The highest BCUT2D eigenvalue weighted by atomic mass is 35.5. The van der Waals surface area contributed by atoms with Gasteiger partial charge in [-0.1, -0.05) is 41.9 Å². The molecule has 1 amide bonds. The van der Waals surface area contributed by atoms with Gasteiger partial charge in [-0.05, 0) is 11.6 Å². The van der Waals surface area contributed by atoms with E-state index in [2.05, 4.69) is 0 Å². The molecule has 1 aliphatic heterocycles. The Kier molecular flexibility index (Phi) is 4.64. The molecule has 0 aliphatic carbocycles. The van der Waals surface area contributed by atoms with Crippen LogP contribution in [-0.2, 0) is 0 Å². The molecule has 6 heteroatoms. The van der Waals surface area contributed by atoms with Crippen LogP contribution in [0.5, 0.6) is 5.75 Å². The molecule has 1 heterocycles. The number of ether oxygens (including phenoxy) is 1. The maximum absolute atomic E-state index is 12.9. The van der Waals surface area contributed by atoms with E-state index in [1.165, 1.54) is 7.11 Å². The Labute approximate surface area is 146 Å². The van der Waals surface area contributed by atoms with E-state index in [1.54, 1.807) is 17.0 Å². The predicted molar refractivity (Wildman–Crippen MR) is 95.5 cm³/mol. The number of halogens is 1. The lowest BCUT2D eigenvalue weighted by molar-refractivity contribution is 0.0786. The van der Waals surface area contributed by atoms with Crippen LogP contribution in [-0.4, -0.2) is 37.0 Å². The third-order valence-corrected chi connectivity index (χ3v) is 4.76. The van der Waals surface area contributed by atoms with Crippen molar-refractivity contribution in [1.29, 1.82) is 0 Å². The Morgan fingerprint density at radius 1 is 1.25 bits per heavy atom. The van der Waals surface area contributed by atoms with Crippen molar-refractivity contribution in [3.05, 3.63) is 58.6 Å². The molecular weight excluding hydrogens is 326 g/mol. The van der Waals surface area contributed by atoms with Crippen molar-refractivity contribution in [2.45, 2.75) is 12.0 Å². The molecule has 0 radical (unpaired) electrons. The van der Waals surface area contributed by atoms with E-state index >= 15 is 0 Å². The number of amides is 1. The first-order valence-corrected chi connectivity index (χ1v) is 8.12. The summed E-state index contributed by atoms with van der Waals surface area (Å²) in [6.07, 6.45) is 0. The molecule has 2 aromatic carbocycles. The lowest BCUT2D eigenvalue weighted by Gasteiger charge is -2.19. The lowest BCUT2D eigenvalue weighted by atomic mass is 9.95. The number of nitrogens with two attached hydrogens (primary N) is 2. The van der Waals surface area contributed by atoms with Crippen LogP contribution in [0.1, 0.15) is 21.8 Å². The van der Waals surface area contributed by atoms with Crippen molar-refractivity contribution in [2.24, 2.45) is 5.73 Å². The van der Waals surface area contributed by atoms with E-state index in [4.69, 9.17) is 27.8 Å². The Morgan fingerprint density at radius 2 is 1.96 bits per heavy atom. The molecule has 4 N–H and O–H groups in total. The average molecular weight is 346 g/mol. The number of rotatable bonds is 3. The van der Waals surface area contributed by atoms with Crippen LogP contribution in [0.15, 0.2) is 42.5 Å². The number of carbonyl (C=O) groups is 1. The van der Waals surface area contributed by atoms with E-state index in [0.29, 0.717) is 35.1 Å². The average Bonchev–Trinajstić information content (AvgIpc) is 2.99. The number of hydrogen-bond acceptors (Lipinski definition) is 4. The number of carbonyl (C=O) groups excluding carboxylic acids is 1. The highest BCUT2D eigenvalue weighted by Crippen LogP contribution is 2.32. The van der Waals surface area contributed by atoms with E-state index in [1.807, 2.05) is 30.3 Å². The topological polar surface area (TPSA) is 81.6 Å². The van der Waals surface area contributed by atoms with Crippen molar-refractivity contribution in [2.75, 3.05) is 25.9 Å². The molecule has 0 bridgehead atoms. The first-order chi connectivity index (χ1) is 11.5. The molecule has 3 rings (SSSR count). The predicted octanol–water partition coefficient (Wildman–Crippen LogP) is 2.50. The summed E-state index contributed by atoms with van der Waals surface area (Å²) in [6.45, 7) is 1.05. The summed E-state index contributed by atoms with van der Waals surface area (Å²) < 4.78 is 5.28. The van der Waals surface area contributed by atoms with Gasteiger partial charge in [-0.3, -0.25) is 4.79 Å². The van der Waals surface area contributed by atoms with Gasteiger partial charge in [0.15, 0.2) is 0 Å². The molecule has 126 valence electrons. The summed E-state index contributed by atoms with van der Waals surface area (Å²) >= 11 is 6.07. The molecule has 2 atom stereocenters. The van der Waals surface area contributed by atoms with Crippen molar-refractivity contribution >= 4 is 23.2 Å². The number of benzene rings is 2. The van der Waals surface area contributed by atoms with E-state index in [0.717, 1.165) is 5.56 Å². The van der Waals surface area contributed by atoms with Crippen LogP contribution in [0, 0.1) is 0 Å². The summed E-state index contributed by atoms with van der Waals surface area (Å²) in [5.41, 5.74) is 14.0. The van der Waals surface area contributed by atoms with Crippen LogP contribution < -0.4 is 16.2 Å². The van der Waals surface area contributed by atoms with Crippen molar-refractivity contribution < 1.29 is 9.53 Å². The normalized spacial score (nSPS) is 20.2. The Morgan fingerprint density at radius 3 is 2.62 bits per heavy atom. The summed E-state index contributed by atoms with van der Waals surface area (Å²) in [5.74, 6) is 0.381. The fraction of sp³-hybridized carbons (Fsp3) is 0.278. The zero-order chi connectivity index (χ0) is 17.3. The highest BCUT2D eigenvalue weighted by Gasteiger charge is 2.35. The van der Waals surface area contributed by atoms with Gasteiger partial charge >= 0.3 is 0 Å². The largest absolute Gasteiger partial charge is 0.496 e. The van der Waals surface area contributed by atoms with Gasteiger partial charge in [0, 0.05) is 31.1 Å². The molecule has 1 aliphatic rings. The molecule has 0 unspecified atom stereocenters. The zero-order valence-electron chi connectivity index (χ0n) is 13.4. The second-order valence-electron chi connectivity index (χ2n) is 5.97. The number of nitrogens with zero attached hydrogens (tertiary/aromatic N) is 1. The van der Waals surface area contributed by atoms with Crippen LogP contribution in [0.3, 0.4) is 0 Å². The summed E-state index contributed by atoms with van der Waals surface area (Å²) in [4.78, 5) is 14.6. The molecule has 2 aromatic rings. The van der Waals surface area contributed by atoms with Gasteiger partial charge in [-0.25, -0.2) is 0 Å². The van der Waals surface area contributed by atoms with Gasteiger partial charge in [0.1, 0.15) is 5.75 Å². The first kappa shape index (κ1) is 16.6. The number of hydrogen-bond donors (Lipinski definition) is 2. The quantitative estimate of drug-likeness (QED) is 0.837. The smallest absolute Gasteiger partial charge is 0.257 e. The van der Waals surface area contributed by atoms with Crippen molar-refractivity contribution in [1.82, 2.24) is 4.90 Å². The maximum atomic E-state index is 12.9. The summed E-state index contributed by atoms with van der Waals surface area (Å²) in [6, 6.07) is 13.0. The van der Waals surface area contributed by atoms with Gasteiger partial charge in [0.25, 0.3) is 5.91 Å². The minimum Gasteiger partial charge on any atom is -0.496 e. The Hall–Kier alpha value is -2.24. The molecule has 1 fully saturated rings. The highest BCUT2D eigenvalue weighted by molar-refractivity contribution is 6.33. The fourth-order valence-electron chi connectivity index (χ4n) is 3.12. The summed E-state index contributed by atoms with van der Waals surface area (Å²) in [5, 5.41) is 0.335. The van der Waals surface area contributed by atoms with E-state index in [-0.39, 0.29) is 17.9 Å². The van der Waals surface area contributed by atoms with E-state index in [9.17, 15) is 4.79 Å². The first-order valence-electron chi connectivity index (χ1n) is 7.74. The molecule has 1 saturated heterocycles. The van der Waals surface area contributed by atoms with Gasteiger partial charge in [-0.15, -0.1) is 0 Å². The Bertz CT molecular complexity index is 751. The van der Waals surface area contributed by atoms with E-state index < -0.39 is 0 Å². The lowest BCUT2D eigenvalue weighted by Crippen LogP contribution is -2.32. The van der Waals surface area contributed by atoms with Gasteiger partial charge in [0.05, 0.1) is 23.4 Å². The van der Waals surface area contributed by atoms with Crippen molar-refractivity contribution in [3.63, 3.8) is 0 Å². The second-order valence-corrected chi connectivity index (χ2v) is 6.37.